The van der Waals surface area contributed by atoms with Crippen LogP contribution in [0.4, 0.5) is 0 Å². The van der Waals surface area contributed by atoms with E-state index in [1.165, 1.54) is 0 Å². The zero-order valence-corrected chi connectivity index (χ0v) is 7.49. The van der Waals surface area contributed by atoms with Gasteiger partial charge in [0, 0.05) is 5.56 Å². The molecule has 0 spiro atoms. The van der Waals surface area contributed by atoms with Gasteiger partial charge in [-0.25, -0.2) is 0 Å². The highest BCUT2D eigenvalue weighted by atomic mass is 16.3. The third kappa shape index (κ3) is 1.98. The lowest BCUT2D eigenvalue weighted by atomic mass is 10.0. The number of rotatable bonds is 2. The van der Waals surface area contributed by atoms with Crippen molar-refractivity contribution in [3.05, 3.63) is 29.3 Å². The number of nitriles is 1. The van der Waals surface area contributed by atoms with Gasteiger partial charge in [-0.05, 0) is 24.1 Å². The maximum absolute atomic E-state index is 9.40. The average molecular weight is 176 g/mol. The summed E-state index contributed by atoms with van der Waals surface area (Å²) < 4.78 is 0. The molecule has 0 saturated heterocycles. The number of aryl methyl sites for hydroxylation is 1. The lowest BCUT2D eigenvalue weighted by Crippen LogP contribution is -2.07. The number of nitrogens with two attached hydrogens (primary N) is 1. The molecule has 0 amide bonds. The van der Waals surface area contributed by atoms with E-state index in [1.807, 2.05) is 19.1 Å². The first kappa shape index (κ1) is 9.56. The largest absolute Gasteiger partial charge is 0.508 e. The average Bonchev–Trinajstić information content (AvgIpc) is 2.17. The van der Waals surface area contributed by atoms with Crippen molar-refractivity contribution in [3.8, 4) is 11.8 Å². The maximum atomic E-state index is 9.40. The van der Waals surface area contributed by atoms with Crippen LogP contribution in [-0.2, 0) is 6.42 Å². The molecular formula is C10H12N2O. The first-order valence-corrected chi connectivity index (χ1v) is 4.16. The molecule has 1 aromatic rings. The number of hydrogen-bond donors (Lipinski definition) is 2. The summed E-state index contributed by atoms with van der Waals surface area (Å²) in [4.78, 5) is 0. The van der Waals surface area contributed by atoms with E-state index in [0.29, 0.717) is 5.56 Å². The van der Waals surface area contributed by atoms with Crippen molar-refractivity contribution >= 4 is 0 Å². The van der Waals surface area contributed by atoms with Gasteiger partial charge in [0.25, 0.3) is 0 Å². The Balaban J connectivity index is 3.12. The molecule has 0 bridgehead atoms. The first-order chi connectivity index (χ1) is 6.19. The van der Waals surface area contributed by atoms with E-state index >= 15 is 0 Å². The van der Waals surface area contributed by atoms with Gasteiger partial charge in [-0.3, -0.25) is 0 Å². The van der Waals surface area contributed by atoms with E-state index < -0.39 is 6.04 Å². The fraction of sp³-hybridized carbons (Fsp3) is 0.300. The van der Waals surface area contributed by atoms with Crippen LogP contribution in [0.5, 0.6) is 5.75 Å². The Labute approximate surface area is 77.4 Å². The molecule has 1 rings (SSSR count). The fourth-order valence-electron chi connectivity index (χ4n) is 1.14. The lowest BCUT2D eigenvalue weighted by Gasteiger charge is -2.07. The Morgan fingerprint density at radius 3 is 2.85 bits per heavy atom. The predicted molar refractivity (Wildman–Crippen MR) is 50.0 cm³/mol. The molecule has 0 aliphatic heterocycles. The van der Waals surface area contributed by atoms with E-state index in [0.717, 1.165) is 12.0 Å². The van der Waals surface area contributed by atoms with Gasteiger partial charge in [0.15, 0.2) is 0 Å². The number of phenolic OH excluding ortho intramolecular Hbond substituents is 1. The van der Waals surface area contributed by atoms with Crippen LogP contribution in [-0.4, -0.2) is 5.11 Å². The molecule has 0 saturated carbocycles. The van der Waals surface area contributed by atoms with Crippen molar-refractivity contribution in [2.24, 2.45) is 5.73 Å². The summed E-state index contributed by atoms with van der Waals surface area (Å²) in [5, 5.41) is 18.0. The minimum absolute atomic E-state index is 0.0891. The lowest BCUT2D eigenvalue weighted by molar-refractivity contribution is 0.466. The van der Waals surface area contributed by atoms with Gasteiger partial charge >= 0.3 is 0 Å². The Morgan fingerprint density at radius 2 is 2.31 bits per heavy atom. The first-order valence-electron chi connectivity index (χ1n) is 4.16. The van der Waals surface area contributed by atoms with Crippen LogP contribution in [0.15, 0.2) is 18.2 Å². The van der Waals surface area contributed by atoms with E-state index in [-0.39, 0.29) is 5.75 Å². The van der Waals surface area contributed by atoms with Crippen LogP contribution >= 0.6 is 0 Å². The van der Waals surface area contributed by atoms with Crippen molar-refractivity contribution < 1.29 is 5.11 Å². The van der Waals surface area contributed by atoms with Gasteiger partial charge in [-0.1, -0.05) is 13.0 Å². The summed E-state index contributed by atoms with van der Waals surface area (Å²) in [6.07, 6.45) is 0.866. The molecule has 0 radical (unpaired) electrons. The summed E-state index contributed by atoms with van der Waals surface area (Å²) in [7, 11) is 0. The standard InChI is InChI=1S/C10H12N2O/c1-2-7-3-4-10(13)8(5-7)9(12)6-11/h3-5,9,13H,2,12H2,1H3/t9-/m1/s1. The fourth-order valence-corrected chi connectivity index (χ4v) is 1.14. The smallest absolute Gasteiger partial charge is 0.122 e. The van der Waals surface area contributed by atoms with Crippen LogP contribution in [0.3, 0.4) is 0 Å². The molecule has 3 nitrogen and oxygen atoms in total. The van der Waals surface area contributed by atoms with Crippen LogP contribution in [0.2, 0.25) is 0 Å². The SMILES string of the molecule is CCc1ccc(O)c([C@H](N)C#N)c1. The molecule has 0 heterocycles. The summed E-state index contributed by atoms with van der Waals surface area (Å²) in [5.74, 6) is 0.0891. The van der Waals surface area contributed by atoms with Crippen molar-refractivity contribution in [3.63, 3.8) is 0 Å². The van der Waals surface area contributed by atoms with E-state index in [1.54, 1.807) is 12.1 Å². The minimum atomic E-state index is -0.744. The molecule has 0 unspecified atom stereocenters. The quantitative estimate of drug-likeness (QED) is 0.717. The highest BCUT2D eigenvalue weighted by molar-refractivity contribution is 5.40. The van der Waals surface area contributed by atoms with Gasteiger partial charge in [0.05, 0.1) is 6.07 Å². The Kier molecular flexibility index (Phi) is 2.88. The molecule has 1 atom stereocenters. The molecule has 0 aliphatic rings. The summed E-state index contributed by atoms with van der Waals surface area (Å²) in [5.41, 5.74) is 7.07. The van der Waals surface area contributed by atoms with Crippen LogP contribution in [0.25, 0.3) is 0 Å². The van der Waals surface area contributed by atoms with Gasteiger partial charge < -0.3 is 10.8 Å². The van der Waals surface area contributed by atoms with Crippen LogP contribution in [0.1, 0.15) is 24.1 Å². The number of phenols is 1. The van der Waals surface area contributed by atoms with Crippen molar-refractivity contribution in [2.45, 2.75) is 19.4 Å². The van der Waals surface area contributed by atoms with Crippen LogP contribution in [0, 0.1) is 11.3 Å². The third-order valence-corrected chi connectivity index (χ3v) is 1.97. The minimum Gasteiger partial charge on any atom is -0.508 e. The number of nitrogens with zero attached hydrogens (tertiary/aromatic N) is 1. The summed E-state index contributed by atoms with van der Waals surface area (Å²) >= 11 is 0. The summed E-state index contributed by atoms with van der Waals surface area (Å²) in [6, 6.07) is 6.31. The second kappa shape index (κ2) is 3.92. The number of aromatic hydroxyl groups is 1. The van der Waals surface area contributed by atoms with Crippen molar-refractivity contribution in [1.29, 1.82) is 5.26 Å². The van der Waals surface area contributed by atoms with Crippen molar-refractivity contribution in [2.75, 3.05) is 0 Å². The molecule has 0 aliphatic carbocycles. The third-order valence-electron chi connectivity index (χ3n) is 1.97. The summed E-state index contributed by atoms with van der Waals surface area (Å²) in [6.45, 7) is 2.01. The van der Waals surface area contributed by atoms with Gasteiger partial charge in [-0.2, -0.15) is 5.26 Å². The highest BCUT2D eigenvalue weighted by Crippen LogP contribution is 2.23. The van der Waals surface area contributed by atoms with Gasteiger partial charge in [-0.15, -0.1) is 0 Å². The Morgan fingerprint density at radius 1 is 1.62 bits per heavy atom. The number of hydrogen-bond acceptors (Lipinski definition) is 3. The van der Waals surface area contributed by atoms with Gasteiger partial charge in [0.1, 0.15) is 11.8 Å². The van der Waals surface area contributed by atoms with E-state index in [2.05, 4.69) is 0 Å². The number of benzene rings is 1. The molecule has 1 aromatic carbocycles. The van der Waals surface area contributed by atoms with Gasteiger partial charge in [0.2, 0.25) is 0 Å². The molecule has 68 valence electrons. The molecule has 0 fully saturated rings. The molecular weight excluding hydrogens is 164 g/mol. The Bertz CT molecular complexity index is 341. The molecule has 0 aromatic heterocycles. The van der Waals surface area contributed by atoms with E-state index in [9.17, 15) is 5.11 Å². The molecule has 3 N–H and O–H groups in total. The predicted octanol–water partition coefficient (Wildman–Crippen LogP) is 1.48. The second-order valence-corrected chi connectivity index (χ2v) is 2.85. The molecule has 3 heteroatoms. The maximum Gasteiger partial charge on any atom is 0.122 e. The zero-order chi connectivity index (χ0) is 9.84. The second-order valence-electron chi connectivity index (χ2n) is 2.85. The highest BCUT2D eigenvalue weighted by Gasteiger charge is 2.09. The monoisotopic (exact) mass is 176 g/mol. The Hall–Kier alpha value is -1.53. The van der Waals surface area contributed by atoms with Crippen molar-refractivity contribution in [1.82, 2.24) is 0 Å². The van der Waals surface area contributed by atoms with Crippen LogP contribution < -0.4 is 5.73 Å². The molecule has 13 heavy (non-hydrogen) atoms. The zero-order valence-electron chi connectivity index (χ0n) is 7.49. The normalized spacial score (nSPS) is 12.1. The van der Waals surface area contributed by atoms with E-state index in [4.69, 9.17) is 11.0 Å². The topological polar surface area (TPSA) is 70.0 Å².